The summed E-state index contributed by atoms with van der Waals surface area (Å²) in [6, 6.07) is 6.19. The molecule has 7 nitrogen and oxygen atoms in total. The second kappa shape index (κ2) is 9.79. The van der Waals surface area contributed by atoms with Gasteiger partial charge in [-0.1, -0.05) is 25.3 Å². The lowest BCUT2D eigenvalue weighted by Crippen LogP contribution is -2.60. The third kappa shape index (κ3) is 4.78. The molecule has 0 atom stereocenters. The SMILES string of the molecule is CCNC(=NCc1cn2c(C)cccc2n1)NCC1(N2CCOCC2)CCCCC1. The third-order valence-electron chi connectivity index (χ3n) is 6.54. The topological polar surface area (TPSA) is 66.2 Å². The highest BCUT2D eigenvalue weighted by molar-refractivity contribution is 5.79. The van der Waals surface area contributed by atoms with Crippen molar-refractivity contribution in [3.8, 4) is 0 Å². The molecular weight excluding hydrogens is 376 g/mol. The molecule has 30 heavy (non-hydrogen) atoms. The predicted octanol–water partition coefficient (Wildman–Crippen LogP) is 2.73. The summed E-state index contributed by atoms with van der Waals surface area (Å²) in [5.41, 5.74) is 3.37. The molecule has 164 valence electrons. The Morgan fingerprint density at radius 3 is 2.70 bits per heavy atom. The number of morpholine rings is 1. The summed E-state index contributed by atoms with van der Waals surface area (Å²) in [6.45, 7) is 10.3. The number of fused-ring (bicyclic) bond motifs is 1. The van der Waals surface area contributed by atoms with Gasteiger partial charge in [0.15, 0.2) is 5.96 Å². The lowest BCUT2D eigenvalue weighted by Gasteiger charge is -2.48. The zero-order valence-corrected chi connectivity index (χ0v) is 18.5. The van der Waals surface area contributed by atoms with E-state index in [1.807, 2.05) is 12.1 Å². The van der Waals surface area contributed by atoms with Crippen LogP contribution in [-0.2, 0) is 11.3 Å². The Morgan fingerprint density at radius 2 is 1.97 bits per heavy atom. The number of rotatable bonds is 6. The third-order valence-corrected chi connectivity index (χ3v) is 6.54. The van der Waals surface area contributed by atoms with Gasteiger partial charge in [0.2, 0.25) is 0 Å². The van der Waals surface area contributed by atoms with Crippen LogP contribution in [0.15, 0.2) is 29.4 Å². The van der Waals surface area contributed by atoms with Crippen molar-refractivity contribution in [2.75, 3.05) is 39.4 Å². The molecule has 1 saturated heterocycles. The Kier molecular flexibility index (Phi) is 6.89. The van der Waals surface area contributed by atoms with Crippen molar-refractivity contribution in [3.05, 3.63) is 35.8 Å². The van der Waals surface area contributed by atoms with Gasteiger partial charge in [0.05, 0.1) is 25.5 Å². The second-order valence-corrected chi connectivity index (χ2v) is 8.56. The van der Waals surface area contributed by atoms with Gasteiger partial charge in [-0.15, -0.1) is 0 Å². The van der Waals surface area contributed by atoms with E-state index in [1.54, 1.807) is 0 Å². The first kappa shape index (κ1) is 21.1. The average molecular weight is 413 g/mol. The van der Waals surface area contributed by atoms with Crippen LogP contribution >= 0.6 is 0 Å². The van der Waals surface area contributed by atoms with Crippen LogP contribution in [0, 0.1) is 6.92 Å². The van der Waals surface area contributed by atoms with Gasteiger partial charge in [0.1, 0.15) is 5.65 Å². The monoisotopic (exact) mass is 412 g/mol. The van der Waals surface area contributed by atoms with E-state index in [-0.39, 0.29) is 5.54 Å². The first-order valence-corrected chi connectivity index (χ1v) is 11.5. The van der Waals surface area contributed by atoms with Crippen LogP contribution in [0.5, 0.6) is 0 Å². The number of pyridine rings is 1. The zero-order chi connectivity index (χ0) is 20.8. The maximum absolute atomic E-state index is 5.61. The quantitative estimate of drug-likeness (QED) is 0.564. The number of guanidine groups is 1. The Labute approximate surface area is 179 Å². The maximum atomic E-state index is 5.61. The van der Waals surface area contributed by atoms with Gasteiger partial charge in [-0.05, 0) is 38.8 Å². The van der Waals surface area contributed by atoms with E-state index in [0.29, 0.717) is 6.54 Å². The standard InChI is InChI=1S/C23H36N6O/c1-3-24-22(25-16-20-17-29-19(2)8-7-9-21(29)27-20)26-18-23(10-5-4-6-11-23)28-12-14-30-15-13-28/h7-9,17H,3-6,10-16,18H2,1-2H3,(H2,24,25,26). The van der Waals surface area contributed by atoms with Gasteiger partial charge in [-0.3, -0.25) is 4.90 Å². The van der Waals surface area contributed by atoms with Gasteiger partial charge in [-0.2, -0.15) is 0 Å². The predicted molar refractivity (Wildman–Crippen MR) is 121 cm³/mol. The smallest absolute Gasteiger partial charge is 0.191 e. The molecule has 0 aromatic carbocycles. The average Bonchev–Trinajstić information content (AvgIpc) is 3.21. The van der Waals surface area contributed by atoms with Crippen molar-refractivity contribution >= 4 is 11.6 Å². The lowest BCUT2D eigenvalue weighted by atomic mass is 9.80. The molecule has 1 saturated carbocycles. The van der Waals surface area contributed by atoms with E-state index in [0.717, 1.165) is 56.7 Å². The lowest BCUT2D eigenvalue weighted by molar-refractivity contribution is -0.0352. The molecule has 0 spiro atoms. The number of hydrogen-bond acceptors (Lipinski definition) is 4. The first-order valence-electron chi connectivity index (χ1n) is 11.5. The van der Waals surface area contributed by atoms with Crippen LogP contribution in [-0.4, -0.2) is 65.2 Å². The summed E-state index contributed by atoms with van der Waals surface area (Å²) in [4.78, 5) is 12.2. The minimum atomic E-state index is 0.221. The van der Waals surface area contributed by atoms with Crippen molar-refractivity contribution in [2.24, 2.45) is 4.99 Å². The van der Waals surface area contributed by atoms with Crippen LogP contribution in [0.3, 0.4) is 0 Å². The van der Waals surface area contributed by atoms with Crippen LogP contribution in [0.25, 0.3) is 5.65 Å². The van der Waals surface area contributed by atoms with Crippen LogP contribution < -0.4 is 10.6 Å². The first-order chi connectivity index (χ1) is 14.7. The summed E-state index contributed by atoms with van der Waals surface area (Å²) in [5.74, 6) is 0.879. The molecule has 2 aromatic rings. The van der Waals surface area contributed by atoms with E-state index in [2.05, 4.69) is 46.0 Å². The number of ether oxygens (including phenoxy) is 1. The van der Waals surface area contributed by atoms with Gasteiger partial charge in [-0.25, -0.2) is 9.98 Å². The van der Waals surface area contributed by atoms with E-state index >= 15 is 0 Å². The molecule has 2 N–H and O–H groups in total. The molecule has 1 aliphatic carbocycles. The largest absolute Gasteiger partial charge is 0.379 e. The molecule has 2 aromatic heterocycles. The number of hydrogen-bond donors (Lipinski definition) is 2. The molecule has 0 unspecified atom stereocenters. The minimum Gasteiger partial charge on any atom is -0.379 e. The van der Waals surface area contributed by atoms with Crippen molar-refractivity contribution in [1.82, 2.24) is 24.9 Å². The highest BCUT2D eigenvalue weighted by Crippen LogP contribution is 2.33. The van der Waals surface area contributed by atoms with Crippen molar-refractivity contribution in [2.45, 2.75) is 58.0 Å². The number of aryl methyl sites for hydroxylation is 1. The van der Waals surface area contributed by atoms with Gasteiger partial charge in [0.25, 0.3) is 0 Å². The van der Waals surface area contributed by atoms with Crippen molar-refractivity contribution in [3.63, 3.8) is 0 Å². The summed E-state index contributed by atoms with van der Waals surface area (Å²) in [7, 11) is 0. The van der Waals surface area contributed by atoms with E-state index < -0.39 is 0 Å². The normalized spacial score (nSPS) is 20.4. The number of nitrogens with zero attached hydrogens (tertiary/aromatic N) is 4. The molecule has 0 radical (unpaired) electrons. The van der Waals surface area contributed by atoms with Crippen molar-refractivity contribution < 1.29 is 4.74 Å². The number of imidazole rings is 1. The molecule has 0 bridgehead atoms. The minimum absolute atomic E-state index is 0.221. The fourth-order valence-electron chi connectivity index (χ4n) is 4.88. The van der Waals surface area contributed by atoms with E-state index in [4.69, 9.17) is 14.7 Å². The Morgan fingerprint density at radius 1 is 1.17 bits per heavy atom. The zero-order valence-electron chi connectivity index (χ0n) is 18.5. The van der Waals surface area contributed by atoms with Gasteiger partial charge >= 0.3 is 0 Å². The Bertz CT molecular complexity index is 848. The molecular formula is C23H36N6O. The van der Waals surface area contributed by atoms with Gasteiger partial charge in [0, 0.05) is 43.6 Å². The maximum Gasteiger partial charge on any atom is 0.191 e. The Balaban J connectivity index is 1.45. The summed E-state index contributed by atoms with van der Waals surface area (Å²) < 4.78 is 7.74. The van der Waals surface area contributed by atoms with Gasteiger partial charge < -0.3 is 19.8 Å². The second-order valence-electron chi connectivity index (χ2n) is 8.56. The summed E-state index contributed by atoms with van der Waals surface area (Å²) in [6.07, 6.45) is 8.58. The molecule has 7 heteroatoms. The summed E-state index contributed by atoms with van der Waals surface area (Å²) >= 11 is 0. The number of aromatic nitrogens is 2. The fraction of sp³-hybridized carbons (Fsp3) is 0.652. The highest BCUT2D eigenvalue weighted by Gasteiger charge is 2.38. The highest BCUT2D eigenvalue weighted by atomic mass is 16.5. The van der Waals surface area contributed by atoms with Crippen LogP contribution in [0.1, 0.15) is 50.4 Å². The number of nitrogens with one attached hydrogen (secondary N) is 2. The molecule has 1 aliphatic heterocycles. The Hall–Kier alpha value is -2.12. The van der Waals surface area contributed by atoms with Crippen LogP contribution in [0.2, 0.25) is 0 Å². The molecule has 3 heterocycles. The molecule has 2 fully saturated rings. The van der Waals surface area contributed by atoms with E-state index in [1.165, 1.54) is 37.8 Å². The summed E-state index contributed by atoms with van der Waals surface area (Å²) in [5, 5.41) is 7.08. The van der Waals surface area contributed by atoms with E-state index in [9.17, 15) is 0 Å². The van der Waals surface area contributed by atoms with Crippen molar-refractivity contribution in [1.29, 1.82) is 0 Å². The molecule has 4 rings (SSSR count). The fourth-order valence-corrected chi connectivity index (χ4v) is 4.88. The van der Waals surface area contributed by atoms with Crippen LogP contribution in [0.4, 0.5) is 0 Å². The number of aliphatic imine (C=N–C) groups is 1. The molecule has 0 amide bonds. The molecule has 2 aliphatic rings.